The van der Waals surface area contributed by atoms with Crippen molar-refractivity contribution in [3.05, 3.63) is 29.3 Å². The number of nitrogens with two attached hydrogens (primary N) is 1. The molecule has 0 radical (unpaired) electrons. The molecule has 1 aliphatic heterocycles. The molecule has 1 aromatic rings. The molecule has 0 aliphatic carbocycles. The number of fused-ring (bicyclic) bond motifs is 1. The number of aryl methyl sites for hydroxylation is 1. The van der Waals surface area contributed by atoms with E-state index in [0.29, 0.717) is 25.9 Å². The number of carbonyl (C=O) groups is 2. The predicted molar refractivity (Wildman–Crippen MR) is 69.2 cm³/mol. The van der Waals surface area contributed by atoms with Gasteiger partial charge in [-0.15, -0.1) is 0 Å². The summed E-state index contributed by atoms with van der Waals surface area (Å²) in [7, 11) is 0. The molecule has 0 fully saturated rings. The molecule has 4 N–H and O–H groups in total. The number of hydrogen-bond donors (Lipinski definition) is 3. The number of hydrogen-bond acceptors (Lipinski definition) is 3. The molecule has 2 rings (SSSR count). The number of carbonyl (C=O) groups excluding carboxylic acids is 2. The maximum atomic E-state index is 11.6. The van der Waals surface area contributed by atoms with Crippen LogP contribution in [0, 0.1) is 0 Å². The lowest BCUT2D eigenvalue weighted by Gasteiger charge is -2.17. The van der Waals surface area contributed by atoms with E-state index in [1.165, 1.54) is 0 Å². The number of nitrogens with one attached hydrogen (secondary N) is 2. The van der Waals surface area contributed by atoms with Gasteiger partial charge in [0, 0.05) is 25.2 Å². The van der Waals surface area contributed by atoms with Crippen LogP contribution < -0.4 is 16.4 Å². The lowest BCUT2D eigenvalue weighted by molar-refractivity contribution is -0.120. The fourth-order valence-corrected chi connectivity index (χ4v) is 2.01. The van der Waals surface area contributed by atoms with Crippen LogP contribution >= 0.6 is 0 Å². The van der Waals surface area contributed by atoms with Crippen molar-refractivity contribution >= 4 is 17.5 Å². The van der Waals surface area contributed by atoms with Crippen molar-refractivity contribution < 1.29 is 9.59 Å². The van der Waals surface area contributed by atoms with Gasteiger partial charge in [0.05, 0.1) is 6.42 Å². The van der Waals surface area contributed by atoms with E-state index in [9.17, 15) is 9.59 Å². The maximum absolute atomic E-state index is 11.6. The quantitative estimate of drug-likeness (QED) is 0.710. The molecule has 0 atom stereocenters. The minimum atomic E-state index is -0.0276. The van der Waals surface area contributed by atoms with Gasteiger partial charge in [0.1, 0.15) is 0 Å². The van der Waals surface area contributed by atoms with Gasteiger partial charge in [-0.1, -0.05) is 12.1 Å². The van der Waals surface area contributed by atoms with E-state index in [-0.39, 0.29) is 11.8 Å². The van der Waals surface area contributed by atoms with Gasteiger partial charge < -0.3 is 16.4 Å². The maximum Gasteiger partial charge on any atom is 0.224 e. The highest BCUT2D eigenvalue weighted by Crippen LogP contribution is 2.23. The van der Waals surface area contributed by atoms with Crippen LogP contribution in [0.25, 0.3) is 0 Å². The van der Waals surface area contributed by atoms with Crippen LogP contribution in [-0.4, -0.2) is 24.9 Å². The number of rotatable bonds is 4. The van der Waals surface area contributed by atoms with Gasteiger partial charge >= 0.3 is 0 Å². The molecule has 0 spiro atoms. The Balaban J connectivity index is 2.03. The lowest BCUT2D eigenvalue weighted by atomic mass is 9.99. The number of amides is 2. The van der Waals surface area contributed by atoms with Gasteiger partial charge in [-0.2, -0.15) is 0 Å². The van der Waals surface area contributed by atoms with E-state index in [4.69, 9.17) is 5.73 Å². The van der Waals surface area contributed by atoms with Crippen molar-refractivity contribution in [1.82, 2.24) is 5.32 Å². The van der Waals surface area contributed by atoms with Gasteiger partial charge in [0.15, 0.2) is 0 Å². The van der Waals surface area contributed by atoms with Crippen molar-refractivity contribution in [3.63, 3.8) is 0 Å². The number of anilines is 1. The average Bonchev–Trinajstić information content (AvgIpc) is 2.36. The molecule has 2 amide bonds. The van der Waals surface area contributed by atoms with Crippen LogP contribution in [0.5, 0.6) is 0 Å². The monoisotopic (exact) mass is 247 g/mol. The number of benzene rings is 1. The summed E-state index contributed by atoms with van der Waals surface area (Å²) in [5, 5.41) is 5.55. The molecule has 5 nitrogen and oxygen atoms in total. The van der Waals surface area contributed by atoms with E-state index >= 15 is 0 Å². The molecular weight excluding hydrogens is 230 g/mol. The summed E-state index contributed by atoms with van der Waals surface area (Å²) in [5.74, 6) is 0.0242. The van der Waals surface area contributed by atoms with Gasteiger partial charge in [-0.3, -0.25) is 9.59 Å². The molecule has 18 heavy (non-hydrogen) atoms. The van der Waals surface area contributed by atoms with Gasteiger partial charge in [-0.25, -0.2) is 0 Å². The van der Waals surface area contributed by atoms with Crippen LogP contribution in [0.15, 0.2) is 18.2 Å². The Morgan fingerprint density at radius 3 is 3.00 bits per heavy atom. The van der Waals surface area contributed by atoms with Crippen LogP contribution in [0.4, 0.5) is 5.69 Å². The summed E-state index contributed by atoms with van der Waals surface area (Å²) >= 11 is 0. The second-order valence-corrected chi connectivity index (χ2v) is 4.36. The summed E-state index contributed by atoms with van der Waals surface area (Å²) in [6.07, 6.45) is 1.59. The largest absolute Gasteiger partial charge is 0.355 e. The third-order valence-electron chi connectivity index (χ3n) is 2.90. The zero-order valence-electron chi connectivity index (χ0n) is 10.2. The minimum absolute atomic E-state index is 0.0276. The highest BCUT2D eigenvalue weighted by molar-refractivity contribution is 5.94. The fourth-order valence-electron chi connectivity index (χ4n) is 2.01. The summed E-state index contributed by atoms with van der Waals surface area (Å²) in [5.41, 5.74) is 8.23. The first-order valence-electron chi connectivity index (χ1n) is 6.07. The third kappa shape index (κ3) is 3.07. The second kappa shape index (κ2) is 5.64. The molecule has 0 saturated heterocycles. The Bertz CT molecular complexity index is 471. The molecule has 0 aromatic heterocycles. The van der Waals surface area contributed by atoms with Crippen molar-refractivity contribution in [2.75, 3.05) is 18.4 Å². The summed E-state index contributed by atoms with van der Waals surface area (Å²) < 4.78 is 0. The molecule has 5 heteroatoms. The Kier molecular flexibility index (Phi) is 3.94. The summed E-state index contributed by atoms with van der Waals surface area (Å²) in [6, 6.07) is 5.71. The Morgan fingerprint density at radius 2 is 2.22 bits per heavy atom. The predicted octanol–water partition coefficient (Wildman–Crippen LogP) is 0.189. The molecule has 1 aliphatic rings. The van der Waals surface area contributed by atoms with Crippen molar-refractivity contribution in [3.8, 4) is 0 Å². The van der Waals surface area contributed by atoms with Crippen molar-refractivity contribution in [1.29, 1.82) is 0 Å². The van der Waals surface area contributed by atoms with E-state index < -0.39 is 0 Å². The molecular formula is C13H17N3O2. The molecule has 0 unspecified atom stereocenters. The molecule has 1 aromatic carbocycles. The van der Waals surface area contributed by atoms with Crippen molar-refractivity contribution in [2.45, 2.75) is 19.3 Å². The van der Waals surface area contributed by atoms with Crippen LogP contribution in [0.2, 0.25) is 0 Å². The summed E-state index contributed by atoms with van der Waals surface area (Å²) in [6.45, 7) is 0.946. The average molecular weight is 247 g/mol. The van der Waals surface area contributed by atoms with E-state index in [1.54, 1.807) is 0 Å². The molecule has 1 heterocycles. The normalized spacial score (nSPS) is 13.7. The highest BCUT2D eigenvalue weighted by atomic mass is 16.2. The van der Waals surface area contributed by atoms with Gasteiger partial charge in [0.2, 0.25) is 11.8 Å². The standard InChI is InChI=1S/C13H17N3O2/c14-5-6-15-13(18)8-9-1-3-11-10(7-9)2-4-12(17)16-11/h1,3,7H,2,4-6,8,14H2,(H,15,18)(H,16,17). The van der Waals surface area contributed by atoms with Crippen LogP contribution in [0.1, 0.15) is 17.5 Å². The Labute approximate surface area is 106 Å². The first-order valence-corrected chi connectivity index (χ1v) is 6.07. The fraction of sp³-hybridized carbons (Fsp3) is 0.385. The Morgan fingerprint density at radius 1 is 1.39 bits per heavy atom. The Hall–Kier alpha value is -1.88. The van der Waals surface area contributed by atoms with Gasteiger partial charge in [0.25, 0.3) is 0 Å². The zero-order chi connectivity index (χ0) is 13.0. The van der Waals surface area contributed by atoms with E-state index in [0.717, 1.165) is 23.2 Å². The molecule has 0 bridgehead atoms. The van der Waals surface area contributed by atoms with Gasteiger partial charge in [-0.05, 0) is 23.6 Å². The third-order valence-corrected chi connectivity index (χ3v) is 2.90. The minimum Gasteiger partial charge on any atom is -0.355 e. The topological polar surface area (TPSA) is 84.2 Å². The van der Waals surface area contributed by atoms with E-state index in [1.807, 2.05) is 18.2 Å². The highest BCUT2D eigenvalue weighted by Gasteiger charge is 2.15. The SMILES string of the molecule is NCCNC(=O)Cc1ccc2c(c1)CCC(=O)N2. The summed E-state index contributed by atoms with van der Waals surface area (Å²) in [4.78, 5) is 22.8. The van der Waals surface area contributed by atoms with Crippen LogP contribution in [-0.2, 0) is 22.4 Å². The first-order chi connectivity index (χ1) is 8.69. The first kappa shape index (κ1) is 12.6. The smallest absolute Gasteiger partial charge is 0.224 e. The van der Waals surface area contributed by atoms with E-state index in [2.05, 4.69) is 10.6 Å². The molecule has 96 valence electrons. The molecule has 0 saturated carbocycles. The zero-order valence-corrected chi connectivity index (χ0v) is 10.2. The van der Waals surface area contributed by atoms with Crippen molar-refractivity contribution in [2.24, 2.45) is 5.73 Å². The second-order valence-electron chi connectivity index (χ2n) is 4.36. The lowest BCUT2D eigenvalue weighted by Crippen LogP contribution is -2.30. The van der Waals surface area contributed by atoms with Crippen LogP contribution in [0.3, 0.4) is 0 Å².